The first-order valence-electron chi connectivity index (χ1n) is 8.49. The number of hydrogen-bond acceptors (Lipinski definition) is 2. The normalized spacial score (nSPS) is 11.0. The molecule has 0 spiro atoms. The van der Waals surface area contributed by atoms with E-state index in [4.69, 9.17) is 6.42 Å². The number of nitrogens with one attached hydrogen (secondary N) is 1. The van der Waals surface area contributed by atoms with Gasteiger partial charge in [0.2, 0.25) is 5.91 Å². The van der Waals surface area contributed by atoms with Gasteiger partial charge in [0.15, 0.2) is 0 Å². The molecule has 26 heavy (non-hydrogen) atoms. The van der Waals surface area contributed by atoms with Gasteiger partial charge >= 0.3 is 0 Å². The van der Waals surface area contributed by atoms with Crippen molar-refractivity contribution >= 4 is 23.0 Å². The first-order valence-corrected chi connectivity index (χ1v) is 8.49. The van der Waals surface area contributed by atoms with Crippen molar-refractivity contribution in [2.45, 2.75) is 26.8 Å². The van der Waals surface area contributed by atoms with E-state index in [0.29, 0.717) is 13.0 Å². The molecule has 1 aromatic heterocycles. The molecule has 0 aliphatic rings. The second kappa shape index (κ2) is 7.71. The van der Waals surface area contributed by atoms with Crippen LogP contribution in [0.5, 0.6) is 0 Å². The van der Waals surface area contributed by atoms with E-state index in [1.807, 2.05) is 62.4 Å². The number of aryl methyl sites for hydroxylation is 1. The van der Waals surface area contributed by atoms with Gasteiger partial charge in [-0.2, -0.15) is 5.10 Å². The molecule has 0 unspecified atom stereocenters. The van der Waals surface area contributed by atoms with Crippen LogP contribution in [0.2, 0.25) is 0 Å². The summed E-state index contributed by atoms with van der Waals surface area (Å²) in [5.41, 5.74) is 7.80. The second-order valence-corrected chi connectivity index (χ2v) is 6.26. The van der Waals surface area contributed by atoms with Gasteiger partial charge in [-0.25, -0.2) is 5.43 Å². The zero-order valence-corrected chi connectivity index (χ0v) is 15.0. The Balaban J connectivity index is 1.76. The average Bonchev–Trinajstić information content (AvgIpc) is 2.90. The molecule has 0 saturated heterocycles. The molecule has 1 heterocycles. The van der Waals surface area contributed by atoms with Crippen molar-refractivity contribution in [3.8, 4) is 12.3 Å². The summed E-state index contributed by atoms with van der Waals surface area (Å²) in [4.78, 5) is 12.1. The fourth-order valence-electron chi connectivity index (χ4n) is 3.02. The summed E-state index contributed by atoms with van der Waals surface area (Å²) in [5.74, 6) is 2.54. The first kappa shape index (κ1) is 17.5. The standard InChI is InChI=1S/C22H21N3O/c1-4-13-25-17(3)20(19-7-5-6-8-21(19)25)15-23-24-22(26)14-18-11-9-16(2)10-12-18/h1,5-12,15H,13-14H2,2-3H3,(H,24,26)/b23-15-. The quantitative estimate of drug-likeness (QED) is 0.430. The monoisotopic (exact) mass is 343 g/mol. The highest BCUT2D eigenvalue weighted by Crippen LogP contribution is 2.24. The van der Waals surface area contributed by atoms with Gasteiger partial charge in [-0.1, -0.05) is 53.9 Å². The van der Waals surface area contributed by atoms with Crippen LogP contribution in [0.1, 0.15) is 22.4 Å². The number of fused-ring (bicyclic) bond motifs is 1. The number of amides is 1. The molecule has 0 fully saturated rings. The number of nitrogens with zero attached hydrogens (tertiary/aromatic N) is 2. The number of terminal acetylenes is 1. The lowest BCUT2D eigenvalue weighted by molar-refractivity contribution is -0.120. The smallest absolute Gasteiger partial charge is 0.244 e. The summed E-state index contributed by atoms with van der Waals surface area (Å²) in [6, 6.07) is 15.9. The Kier molecular flexibility index (Phi) is 5.19. The minimum atomic E-state index is -0.143. The second-order valence-electron chi connectivity index (χ2n) is 6.26. The molecule has 0 aliphatic heterocycles. The minimum Gasteiger partial charge on any atom is -0.333 e. The third-order valence-corrected chi connectivity index (χ3v) is 4.40. The molecule has 0 aliphatic carbocycles. The average molecular weight is 343 g/mol. The van der Waals surface area contributed by atoms with Crippen molar-refractivity contribution in [2.75, 3.05) is 0 Å². The fourth-order valence-corrected chi connectivity index (χ4v) is 3.02. The molecule has 130 valence electrons. The number of para-hydroxylation sites is 1. The molecular weight excluding hydrogens is 322 g/mol. The molecule has 4 heteroatoms. The van der Waals surface area contributed by atoms with E-state index in [2.05, 4.69) is 21.0 Å². The summed E-state index contributed by atoms with van der Waals surface area (Å²) < 4.78 is 2.07. The number of hydrazone groups is 1. The van der Waals surface area contributed by atoms with Crippen LogP contribution in [0, 0.1) is 26.2 Å². The number of rotatable bonds is 5. The van der Waals surface area contributed by atoms with Crippen molar-refractivity contribution in [3.63, 3.8) is 0 Å². The van der Waals surface area contributed by atoms with E-state index in [-0.39, 0.29) is 5.91 Å². The van der Waals surface area contributed by atoms with Crippen molar-refractivity contribution in [2.24, 2.45) is 5.10 Å². The van der Waals surface area contributed by atoms with Crippen molar-refractivity contribution < 1.29 is 4.79 Å². The number of carbonyl (C=O) groups is 1. The van der Waals surface area contributed by atoms with Crippen LogP contribution in [-0.4, -0.2) is 16.7 Å². The van der Waals surface area contributed by atoms with Gasteiger partial charge in [0, 0.05) is 22.2 Å². The van der Waals surface area contributed by atoms with Crippen molar-refractivity contribution in [3.05, 3.63) is 70.9 Å². The number of hydrogen-bond donors (Lipinski definition) is 1. The van der Waals surface area contributed by atoms with Crippen LogP contribution in [0.15, 0.2) is 53.6 Å². The van der Waals surface area contributed by atoms with E-state index >= 15 is 0 Å². The van der Waals surface area contributed by atoms with E-state index < -0.39 is 0 Å². The Bertz CT molecular complexity index is 1000. The Hall–Kier alpha value is -3.32. The topological polar surface area (TPSA) is 46.4 Å². The maximum atomic E-state index is 12.1. The molecule has 3 rings (SSSR count). The summed E-state index contributed by atoms with van der Waals surface area (Å²) >= 11 is 0. The van der Waals surface area contributed by atoms with Crippen molar-refractivity contribution in [1.82, 2.24) is 9.99 Å². The first-order chi connectivity index (χ1) is 12.6. The zero-order chi connectivity index (χ0) is 18.5. The summed E-state index contributed by atoms with van der Waals surface area (Å²) in [6.07, 6.45) is 7.48. The van der Waals surface area contributed by atoms with Crippen LogP contribution in [0.3, 0.4) is 0 Å². The number of benzene rings is 2. The van der Waals surface area contributed by atoms with Crippen molar-refractivity contribution in [1.29, 1.82) is 0 Å². The van der Waals surface area contributed by atoms with Gasteiger partial charge < -0.3 is 4.57 Å². The van der Waals surface area contributed by atoms with Crippen LogP contribution in [0.4, 0.5) is 0 Å². The van der Waals surface area contributed by atoms with Crippen LogP contribution in [-0.2, 0) is 17.8 Å². The molecule has 0 saturated carbocycles. The third kappa shape index (κ3) is 3.68. The number of aromatic nitrogens is 1. The van der Waals surface area contributed by atoms with Gasteiger partial charge in [-0.3, -0.25) is 4.79 Å². The van der Waals surface area contributed by atoms with Gasteiger partial charge in [-0.05, 0) is 25.5 Å². The van der Waals surface area contributed by atoms with Gasteiger partial charge in [-0.15, -0.1) is 6.42 Å². The van der Waals surface area contributed by atoms with Gasteiger partial charge in [0.25, 0.3) is 0 Å². The lowest BCUT2D eigenvalue weighted by atomic mass is 10.1. The van der Waals surface area contributed by atoms with Gasteiger partial charge in [0.05, 0.1) is 19.2 Å². The van der Waals surface area contributed by atoms with E-state index in [0.717, 1.165) is 27.7 Å². The Labute approximate surface area is 153 Å². The molecular formula is C22H21N3O. The maximum Gasteiger partial charge on any atom is 0.244 e. The van der Waals surface area contributed by atoms with Crippen LogP contribution < -0.4 is 5.43 Å². The molecule has 0 atom stereocenters. The van der Waals surface area contributed by atoms with Crippen LogP contribution in [0.25, 0.3) is 10.9 Å². The molecule has 4 nitrogen and oxygen atoms in total. The lowest BCUT2D eigenvalue weighted by Crippen LogP contribution is -2.19. The molecule has 0 bridgehead atoms. The number of carbonyl (C=O) groups excluding carboxylic acids is 1. The van der Waals surface area contributed by atoms with E-state index in [1.165, 1.54) is 5.56 Å². The molecule has 3 aromatic rings. The highest BCUT2D eigenvalue weighted by Gasteiger charge is 2.11. The molecule has 1 amide bonds. The fraction of sp³-hybridized carbons (Fsp3) is 0.182. The zero-order valence-electron chi connectivity index (χ0n) is 15.0. The Morgan fingerprint density at radius 1 is 1.19 bits per heavy atom. The molecule has 1 N–H and O–H groups in total. The minimum absolute atomic E-state index is 0.143. The SMILES string of the molecule is C#CCn1c(C)c(/C=N\NC(=O)Cc2ccc(C)cc2)c2ccccc21. The predicted octanol–water partition coefficient (Wildman–Crippen LogP) is 3.58. The Morgan fingerprint density at radius 3 is 2.65 bits per heavy atom. The third-order valence-electron chi connectivity index (χ3n) is 4.40. The summed E-state index contributed by atoms with van der Waals surface area (Å²) in [7, 11) is 0. The summed E-state index contributed by atoms with van der Waals surface area (Å²) in [5, 5.41) is 5.22. The van der Waals surface area contributed by atoms with E-state index in [1.54, 1.807) is 6.21 Å². The highest BCUT2D eigenvalue weighted by molar-refractivity contribution is 6.01. The van der Waals surface area contributed by atoms with E-state index in [9.17, 15) is 4.79 Å². The lowest BCUT2D eigenvalue weighted by Gasteiger charge is -2.03. The largest absolute Gasteiger partial charge is 0.333 e. The van der Waals surface area contributed by atoms with Gasteiger partial charge in [0.1, 0.15) is 0 Å². The molecule has 2 aromatic carbocycles. The highest BCUT2D eigenvalue weighted by atomic mass is 16.2. The summed E-state index contributed by atoms with van der Waals surface area (Å²) in [6.45, 7) is 4.53. The maximum absolute atomic E-state index is 12.1. The Morgan fingerprint density at radius 2 is 1.92 bits per heavy atom. The molecule has 0 radical (unpaired) electrons. The predicted molar refractivity (Wildman–Crippen MR) is 106 cm³/mol. The van der Waals surface area contributed by atoms with Crippen LogP contribution >= 0.6 is 0 Å².